The van der Waals surface area contributed by atoms with Gasteiger partial charge < -0.3 is 24.5 Å². The minimum atomic E-state index is -2.37. The molecule has 214 valence electrons. The second-order valence-electron chi connectivity index (χ2n) is 11.6. The van der Waals surface area contributed by atoms with Crippen molar-refractivity contribution in [2.24, 2.45) is 23.7 Å². The summed E-state index contributed by atoms with van der Waals surface area (Å²) in [6, 6.07) is 2.38. The van der Waals surface area contributed by atoms with Crippen molar-refractivity contribution in [2.75, 3.05) is 0 Å². The Kier molecular flexibility index (Phi) is 14.6. The lowest BCUT2D eigenvalue weighted by Crippen LogP contribution is -2.59. The van der Waals surface area contributed by atoms with E-state index in [2.05, 4.69) is 12.1 Å². The third-order valence-electron chi connectivity index (χ3n) is 7.33. The largest absolute Gasteiger partial charge is 0.458 e. The van der Waals surface area contributed by atoms with Crippen LogP contribution in [0.2, 0.25) is 19.6 Å². The molecule has 0 saturated carbocycles. The number of esters is 1. The minimum absolute atomic E-state index is 0.457. The van der Waals surface area contributed by atoms with Crippen LogP contribution in [0.3, 0.4) is 0 Å². The van der Waals surface area contributed by atoms with Gasteiger partial charge in [-0.05, 0) is 51.9 Å². The van der Waals surface area contributed by atoms with E-state index < -0.39 is 68.0 Å². The number of allylic oxidation sites excluding steroid dienone is 3. The van der Waals surface area contributed by atoms with E-state index in [0.717, 1.165) is 17.6 Å². The van der Waals surface area contributed by atoms with E-state index in [4.69, 9.17) is 9.16 Å². The first-order valence-corrected chi connectivity index (χ1v) is 17.0. The Morgan fingerprint density at radius 2 is 1.51 bits per heavy atom. The second-order valence-corrected chi connectivity index (χ2v) is 16.1. The molecule has 3 N–H and O–H groups in total. The molecule has 0 aromatic carbocycles. The maximum Gasteiger partial charge on any atom is 0.303 e. The molecule has 0 spiro atoms. The highest BCUT2D eigenvalue weighted by Gasteiger charge is 2.53. The Bertz CT molecular complexity index is 829. The van der Waals surface area contributed by atoms with Crippen molar-refractivity contribution in [1.82, 2.24) is 0 Å². The SMILES string of the molecule is CC/C=C(C)/C=C(\C)[C@@H](OC(C)=O)[C@@H](C)C(C#N)(O[Si](C)(C)C)[C@@H](C)[C@H](O)[C@@H](C)[C@@H](O)[C@@H](C)[C@H](O)CC. The maximum atomic E-state index is 12.2. The lowest BCUT2D eigenvalue weighted by molar-refractivity contribution is -0.154. The lowest BCUT2D eigenvalue weighted by Gasteiger charge is -2.47. The first kappa shape index (κ1) is 35.5. The van der Waals surface area contributed by atoms with Crippen LogP contribution in [0.1, 0.15) is 75.2 Å². The van der Waals surface area contributed by atoms with Crippen LogP contribution in [-0.2, 0) is 14.0 Å². The maximum absolute atomic E-state index is 12.2. The molecule has 0 amide bonds. The molecule has 9 atom stereocenters. The van der Waals surface area contributed by atoms with E-state index in [1.54, 1.807) is 20.8 Å². The van der Waals surface area contributed by atoms with Crippen molar-refractivity contribution in [2.45, 2.75) is 125 Å². The zero-order valence-corrected chi connectivity index (χ0v) is 26.2. The van der Waals surface area contributed by atoms with E-state index in [9.17, 15) is 25.4 Å². The van der Waals surface area contributed by atoms with Crippen LogP contribution in [0.15, 0.2) is 23.3 Å². The third-order valence-corrected chi connectivity index (χ3v) is 8.28. The lowest BCUT2D eigenvalue weighted by atomic mass is 9.69. The smallest absolute Gasteiger partial charge is 0.303 e. The number of ether oxygens (including phenoxy) is 1. The van der Waals surface area contributed by atoms with E-state index in [-0.39, 0.29) is 0 Å². The molecule has 0 aromatic heterocycles. The number of hydrogen-bond donors (Lipinski definition) is 3. The van der Waals surface area contributed by atoms with E-state index >= 15 is 0 Å². The van der Waals surface area contributed by atoms with Gasteiger partial charge in [-0.15, -0.1) is 0 Å². The molecular weight excluding hydrogens is 486 g/mol. The molecule has 0 aliphatic rings. The molecule has 1 unspecified atom stereocenters. The zero-order chi connectivity index (χ0) is 29.3. The first-order valence-electron chi connectivity index (χ1n) is 13.6. The zero-order valence-electron chi connectivity index (χ0n) is 25.2. The minimum Gasteiger partial charge on any atom is -0.458 e. The molecule has 0 rings (SSSR count). The number of nitrogens with zero attached hydrogens (tertiary/aromatic N) is 1. The van der Waals surface area contributed by atoms with Crippen LogP contribution in [0.25, 0.3) is 0 Å². The number of aliphatic hydroxyl groups excluding tert-OH is 3. The molecule has 0 aliphatic carbocycles. The van der Waals surface area contributed by atoms with E-state index in [1.165, 1.54) is 6.92 Å². The fraction of sp³-hybridized carbons (Fsp3) is 0.793. The average molecular weight is 540 g/mol. The van der Waals surface area contributed by atoms with Crippen molar-refractivity contribution in [3.63, 3.8) is 0 Å². The second kappa shape index (κ2) is 15.2. The summed E-state index contributed by atoms with van der Waals surface area (Å²) in [6.07, 6.45) is 1.78. The van der Waals surface area contributed by atoms with Crippen molar-refractivity contribution in [3.8, 4) is 6.07 Å². The van der Waals surface area contributed by atoms with Gasteiger partial charge in [-0.3, -0.25) is 4.79 Å². The number of carbonyl (C=O) groups is 1. The highest BCUT2D eigenvalue weighted by molar-refractivity contribution is 6.69. The van der Waals surface area contributed by atoms with Gasteiger partial charge >= 0.3 is 5.97 Å². The van der Waals surface area contributed by atoms with Gasteiger partial charge in [-0.1, -0.05) is 59.3 Å². The fourth-order valence-electron chi connectivity index (χ4n) is 5.14. The van der Waals surface area contributed by atoms with Gasteiger partial charge in [0.15, 0.2) is 13.9 Å². The van der Waals surface area contributed by atoms with Crippen LogP contribution in [0, 0.1) is 35.0 Å². The topological polar surface area (TPSA) is 120 Å². The van der Waals surface area contributed by atoms with E-state index in [1.807, 2.05) is 60.3 Å². The Labute approximate surface area is 226 Å². The molecule has 0 bridgehead atoms. The summed E-state index contributed by atoms with van der Waals surface area (Å²) in [5.41, 5.74) is 0.284. The van der Waals surface area contributed by atoms with Crippen LogP contribution in [0.5, 0.6) is 0 Å². The number of aliphatic hydroxyl groups is 3. The molecule has 7 nitrogen and oxygen atoms in total. The molecule has 0 aromatic rings. The monoisotopic (exact) mass is 539 g/mol. The van der Waals surface area contributed by atoms with Gasteiger partial charge in [0.05, 0.1) is 24.4 Å². The van der Waals surface area contributed by atoms with Crippen LogP contribution in [-0.4, -0.2) is 59.6 Å². The van der Waals surface area contributed by atoms with Crippen LogP contribution < -0.4 is 0 Å². The van der Waals surface area contributed by atoms with Gasteiger partial charge in [-0.25, -0.2) is 0 Å². The number of carbonyl (C=O) groups excluding carboxylic acids is 1. The summed E-state index contributed by atoms with van der Waals surface area (Å²) in [5.74, 6) is -2.95. The predicted molar refractivity (Wildman–Crippen MR) is 151 cm³/mol. The Morgan fingerprint density at radius 3 is 1.92 bits per heavy atom. The van der Waals surface area contributed by atoms with Gasteiger partial charge in [0.25, 0.3) is 0 Å². The summed E-state index contributed by atoms with van der Waals surface area (Å²) >= 11 is 0. The molecule has 0 radical (unpaired) electrons. The molecule has 0 aliphatic heterocycles. The first-order chi connectivity index (χ1) is 16.9. The standard InChI is InChI=1S/C29H53NO6Si/c1-13-15-18(3)16-19(4)28(35-24(9)31)23(8)29(17-30,36-37(10,11)12)22(7)27(34)21(6)26(33)20(5)25(32)14-2/h15-16,20-23,25-28,32-34H,13-14H2,1-12H3/b18-15+,19-16+/t20-,21-,22-,23+,25+,26-,27+,28+,29?/m0/s1. The normalized spacial score (nSPS) is 21.5. The van der Waals surface area contributed by atoms with Gasteiger partial charge in [0.1, 0.15) is 6.10 Å². The summed E-state index contributed by atoms with van der Waals surface area (Å²) in [5, 5.41) is 43.4. The molecule has 0 heterocycles. The average Bonchev–Trinajstić information content (AvgIpc) is 2.81. The number of hydrogen-bond acceptors (Lipinski definition) is 7. The van der Waals surface area contributed by atoms with Gasteiger partial charge in [-0.2, -0.15) is 5.26 Å². The molecule has 0 saturated heterocycles. The quantitative estimate of drug-likeness (QED) is 0.145. The summed E-state index contributed by atoms with van der Waals surface area (Å²) in [4.78, 5) is 12.2. The third kappa shape index (κ3) is 9.95. The molecular formula is C29H53NO6Si. The van der Waals surface area contributed by atoms with Crippen LogP contribution in [0.4, 0.5) is 0 Å². The number of nitriles is 1. The molecule has 37 heavy (non-hydrogen) atoms. The Morgan fingerprint density at radius 1 is 0.973 bits per heavy atom. The summed E-state index contributed by atoms with van der Waals surface area (Å²) in [7, 11) is -2.37. The van der Waals surface area contributed by atoms with Gasteiger partial charge in [0, 0.05) is 30.6 Å². The van der Waals surface area contributed by atoms with Crippen molar-refractivity contribution in [3.05, 3.63) is 23.3 Å². The van der Waals surface area contributed by atoms with Crippen molar-refractivity contribution in [1.29, 1.82) is 5.26 Å². The number of rotatable bonds is 15. The Balaban J connectivity index is 6.73. The molecule has 0 fully saturated rings. The summed E-state index contributed by atoms with van der Waals surface area (Å²) < 4.78 is 12.4. The van der Waals surface area contributed by atoms with Crippen LogP contribution >= 0.6 is 0 Å². The van der Waals surface area contributed by atoms with Crippen molar-refractivity contribution < 1.29 is 29.3 Å². The fourth-order valence-corrected chi connectivity index (χ4v) is 6.57. The Hall–Kier alpha value is -1.50. The van der Waals surface area contributed by atoms with Gasteiger partial charge in [0.2, 0.25) is 0 Å². The molecule has 8 heteroatoms. The highest BCUT2D eigenvalue weighted by atomic mass is 28.4. The highest BCUT2D eigenvalue weighted by Crippen LogP contribution is 2.42. The summed E-state index contributed by atoms with van der Waals surface area (Å²) in [6.45, 7) is 22.0. The van der Waals surface area contributed by atoms with Crippen molar-refractivity contribution >= 4 is 14.3 Å². The van der Waals surface area contributed by atoms with E-state index in [0.29, 0.717) is 6.42 Å². The predicted octanol–water partition coefficient (Wildman–Crippen LogP) is 5.37.